The Morgan fingerprint density at radius 3 is 2.29 bits per heavy atom. The molecule has 3 aromatic rings. The number of ether oxygens (including phenoxy) is 1. The molecule has 0 fully saturated rings. The number of aromatic nitrogens is 2. The van der Waals surface area contributed by atoms with Crippen LogP contribution in [0.2, 0.25) is 0 Å². The Kier molecular flexibility index (Phi) is 4.90. The monoisotopic (exact) mass is 318 g/mol. The van der Waals surface area contributed by atoms with Crippen LogP contribution < -0.4 is 4.74 Å². The molecule has 0 aliphatic heterocycles. The summed E-state index contributed by atoms with van der Waals surface area (Å²) >= 11 is 0. The number of nitrogens with zero attached hydrogens (tertiary/aromatic N) is 2. The van der Waals surface area contributed by atoms with Gasteiger partial charge in [-0.15, -0.1) is 0 Å². The van der Waals surface area contributed by atoms with E-state index in [1.165, 1.54) is 5.56 Å². The van der Waals surface area contributed by atoms with Crippen LogP contribution in [0.3, 0.4) is 0 Å². The van der Waals surface area contributed by atoms with Gasteiger partial charge in [-0.2, -0.15) is 0 Å². The molecule has 0 saturated carbocycles. The first-order valence-corrected chi connectivity index (χ1v) is 8.21. The lowest BCUT2D eigenvalue weighted by Crippen LogP contribution is -2.05. The molecule has 1 heterocycles. The Balaban J connectivity index is 1.98. The molecule has 0 aliphatic carbocycles. The van der Waals surface area contributed by atoms with Gasteiger partial charge in [0.25, 0.3) is 0 Å². The molecule has 0 saturated heterocycles. The fraction of sp³-hybridized carbons (Fsp3) is 0.238. The van der Waals surface area contributed by atoms with Crippen molar-refractivity contribution in [1.82, 2.24) is 9.97 Å². The second kappa shape index (κ2) is 7.26. The van der Waals surface area contributed by atoms with Gasteiger partial charge in [0.05, 0.1) is 30.4 Å². The molecule has 24 heavy (non-hydrogen) atoms. The molecule has 0 unspecified atom stereocenters. The Hall–Kier alpha value is -2.68. The van der Waals surface area contributed by atoms with Crippen LogP contribution in [0.4, 0.5) is 0 Å². The Morgan fingerprint density at radius 2 is 1.67 bits per heavy atom. The average Bonchev–Trinajstić information content (AvgIpc) is 2.62. The maximum absolute atomic E-state index is 5.22. The van der Waals surface area contributed by atoms with Crippen LogP contribution in [-0.4, -0.2) is 17.1 Å². The summed E-state index contributed by atoms with van der Waals surface area (Å²) < 4.78 is 5.22. The highest BCUT2D eigenvalue weighted by molar-refractivity contribution is 5.59. The molecule has 0 bridgehead atoms. The topological polar surface area (TPSA) is 35.0 Å². The highest BCUT2D eigenvalue weighted by Crippen LogP contribution is 2.24. The standard InChI is InChI=1S/C21H22N2O/c1-15(2)21-19(13-16-7-5-4-6-8-16)23-20(14-22-21)17-9-11-18(24-3)12-10-17/h4-12,14-15H,13H2,1-3H3. The van der Waals surface area contributed by atoms with E-state index >= 15 is 0 Å². The van der Waals surface area contributed by atoms with Gasteiger partial charge in [-0.3, -0.25) is 4.98 Å². The average molecular weight is 318 g/mol. The van der Waals surface area contributed by atoms with E-state index in [9.17, 15) is 0 Å². The lowest BCUT2D eigenvalue weighted by atomic mass is 10.0. The lowest BCUT2D eigenvalue weighted by Gasteiger charge is -2.13. The van der Waals surface area contributed by atoms with Crippen molar-refractivity contribution >= 4 is 0 Å². The molecular formula is C21H22N2O. The summed E-state index contributed by atoms with van der Waals surface area (Å²) in [5.74, 6) is 1.19. The third-order valence-corrected chi connectivity index (χ3v) is 4.02. The molecule has 0 spiro atoms. The molecule has 0 aliphatic rings. The third kappa shape index (κ3) is 3.62. The summed E-state index contributed by atoms with van der Waals surface area (Å²) in [5, 5.41) is 0. The molecular weight excluding hydrogens is 296 g/mol. The van der Waals surface area contributed by atoms with Gasteiger partial charge in [0.1, 0.15) is 5.75 Å². The summed E-state index contributed by atoms with van der Waals surface area (Å²) in [6, 6.07) is 18.4. The summed E-state index contributed by atoms with van der Waals surface area (Å²) in [4.78, 5) is 9.61. The minimum absolute atomic E-state index is 0.348. The number of hydrogen-bond donors (Lipinski definition) is 0. The Morgan fingerprint density at radius 1 is 0.958 bits per heavy atom. The summed E-state index contributed by atoms with van der Waals surface area (Å²) in [6.45, 7) is 4.32. The van der Waals surface area contributed by atoms with Crippen molar-refractivity contribution < 1.29 is 4.74 Å². The van der Waals surface area contributed by atoms with Crippen molar-refractivity contribution in [1.29, 1.82) is 0 Å². The number of hydrogen-bond acceptors (Lipinski definition) is 3. The summed E-state index contributed by atoms with van der Waals surface area (Å²) in [7, 11) is 1.67. The zero-order valence-electron chi connectivity index (χ0n) is 14.4. The smallest absolute Gasteiger partial charge is 0.118 e. The minimum atomic E-state index is 0.348. The molecule has 2 aromatic carbocycles. The molecule has 3 nitrogen and oxygen atoms in total. The predicted molar refractivity (Wildman–Crippen MR) is 97.4 cm³/mol. The highest BCUT2D eigenvalue weighted by Gasteiger charge is 2.13. The van der Waals surface area contributed by atoms with E-state index in [1.807, 2.05) is 36.5 Å². The zero-order chi connectivity index (χ0) is 16.9. The van der Waals surface area contributed by atoms with E-state index in [0.29, 0.717) is 5.92 Å². The van der Waals surface area contributed by atoms with Crippen molar-refractivity contribution in [3.05, 3.63) is 77.7 Å². The predicted octanol–water partition coefficient (Wildman–Crippen LogP) is 4.87. The van der Waals surface area contributed by atoms with Crippen LogP contribution in [0.1, 0.15) is 36.7 Å². The first-order chi connectivity index (χ1) is 11.7. The van der Waals surface area contributed by atoms with Crippen LogP contribution in [0, 0.1) is 0 Å². The first kappa shape index (κ1) is 16.2. The largest absolute Gasteiger partial charge is 0.497 e. The Labute approximate surface area is 143 Å². The normalized spacial score (nSPS) is 10.8. The number of methoxy groups -OCH3 is 1. The first-order valence-electron chi connectivity index (χ1n) is 8.21. The summed E-state index contributed by atoms with van der Waals surface area (Å²) in [6.07, 6.45) is 2.66. The van der Waals surface area contributed by atoms with E-state index in [-0.39, 0.29) is 0 Å². The van der Waals surface area contributed by atoms with Gasteiger partial charge in [-0.25, -0.2) is 4.98 Å². The molecule has 1 aromatic heterocycles. The van der Waals surface area contributed by atoms with Gasteiger partial charge >= 0.3 is 0 Å². The van der Waals surface area contributed by atoms with Gasteiger partial charge in [-0.05, 0) is 35.7 Å². The lowest BCUT2D eigenvalue weighted by molar-refractivity contribution is 0.415. The van der Waals surface area contributed by atoms with Crippen LogP contribution in [0.25, 0.3) is 11.3 Å². The molecule has 3 rings (SSSR count). The van der Waals surface area contributed by atoms with E-state index in [1.54, 1.807) is 7.11 Å². The van der Waals surface area contributed by atoms with Gasteiger partial charge < -0.3 is 4.74 Å². The maximum Gasteiger partial charge on any atom is 0.118 e. The molecule has 0 amide bonds. The van der Waals surface area contributed by atoms with Gasteiger partial charge in [0.2, 0.25) is 0 Å². The zero-order valence-corrected chi connectivity index (χ0v) is 14.4. The van der Waals surface area contributed by atoms with Gasteiger partial charge in [0, 0.05) is 12.0 Å². The van der Waals surface area contributed by atoms with E-state index in [0.717, 1.165) is 34.8 Å². The van der Waals surface area contributed by atoms with Crippen LogP contribution in [-0.2, 0) is 6.42 Å². The maximum atomic E-state index is 5.22. The fourth-order valence-corrected chi connectivity index (χ4v) is 2.74. The van der Waals surface area contributed by atoms with Crippen molar-refractivity contribution in [2.45, 2.75) is 26.2 Å². The molecule has 3 heteroatoms. The second-order valence-electron chi connectivity index (χ2n) is 6.13. The summed E-state index contributed by atoms with van der Waals surface area (Å²) in [5.41, 5.74) is 5.31. The van der Waals surface area contributed by atoms with Gasteiger partial charge in [0.15, 0.2) is 0 Å². The second-order valence-corrected chi connectivity index (χ2v) is 6.13. The van der Waals surface area contributed by atoms with E-state index in [2.05, 4.69) is 38.1 Å². The molecule has 0 N–H and O–H groups in total. The van der Waals surface area contributed by atoms with Crippen molar-refractivity contribution in [2.24, 2.45) is 0 Å². The molecule has 0 atom stereocenters. The van der Waals surface area contributed by atoms with Crippen LogP contribution in [0.5, 0.6) is 5.75 Å². The Bertz CT molecular complexity index is 796. The fourth-order valence-electron chi connectivity index (χ4n) is 2.74. The SMILES string of the molecule is COc1ccc(-c2cnc(C(C)C)c(Cc3ccccc3)n2)cc1. The van der Waals surface area contributed by atoms with Crippen LogP contribution >= 0.6 is 0 Å². The van der Waals surface area contributed by atoms with Crippen LogP contribution in [0.15, 0.2) is 60.8 Å². The van der Waals surface area contributed by atoms with Gasteiger partial charge in [-0.1, -0.05) is 44.2 Å². The molecule has 0 radical (unpaired) electrons. The number of rotatable bonds is 5. The molecule has 122 valence electrons. The van der Waals surface area contributed by atoms with E-state index in [4.69, 9.17) is 14.7 Å². The minimum Gasteiger partial charge on any atom is -0.497 e. The highest BCUT2D eigenvalue weighted by atomic mass is 16.5. The van der Waals surface area contributed by atoms with Crippen molar-refractivity contribution in [2.75, 3.05) is 7.11 Å². The van der Waals surface area contributed by atoms with Crippen molar-refractivity contribution in [3.8, 4) is 17.0 Å². The quantitative estimate of drug-likeness (QED) is 0.673. The van der Waals surface area contributed by atoms with E-state index < -0.39 is 0 Å². The third-order valence-electron chi connectivity index (χ3n) is 4.02. The number of benzene rings is 2. The van der Waals surface area contributed by atoms with Crippen molar-refractivity contribution in [3.63, 3.8) is 0 Å².